The molecule has 0 radical (unpaired) electrons. The summed E-state index contributed by atoms with van der Waals surface area (Å²) in [5, 5.41) is 8.81. The van der Waals surface area contributed by atoms with Crippen molar-refractivity contribution in [3.63, 3.8) is 0 Å². The molecule has 0 heterocycles. The van der Waals surface area contributed by atoms with Gasteiger partial charge in [0, 0.05) is 0 Å². The predicted molar refractivity (Wildman–Crippen MR) is 65.2 cm³/mol. The van der Waals surface area contributed by atoms with Gasteiger partial charge in [-0.1, -0.05) is 0 Å². The summed E-state index contributed by atoms with van der Waals surface area (Å²) in [7, 11) is -3.80. The molecule has 1 aromatic carbocycles. The van der Waals surface area contributed by atoms with Gasteiger partial charge in [0.25, 0.3) is 0 Å². The lowest BCUT2D eigenvalue weighted by atomic mass is 10.1. The van der Waals surface area contributed by atoms with E-state index in [1.165, 1.54) is 6.07 Å². The minimum absolute atomic E-state index is 0.0341. The molecule has 0 aliphatic heterocycles. The fourth-order valence-electron chi connectivity index (χ4n) is 1.46. The Balaban J connectivity index is 2.93. The van der Waals surface area contributed by atoms with Crippen molar-refractivity contribution in [3.05, 3.63) is 35.1 Å². The standard InChI is InChI=1S/C12H12FNO4S/c1-2-18-12(15)8-19(16,17)7-10-5-11(13)4-3-9(10)6-14/h3-5H,2,7-8H2,1H3. The Hall–Kier alpha value is -1.94. The van der Waals surface area contributed by atoms with E-state index in [1.54, 1.807) is 13.0 Å². The molecule has 0 amide bonds. The number of esters is 1. The molecule has 0 fully saturated rings. The Morgan fingerprint density at radius 1 is 1.47 bits per heavy atom. The number of ether oxygens (including phenoxy) is 1. The van der Waals surface area contributed by atoms with Gasteiger partial charge < -0.3 is 4.74 Å². The first-order chi connectivity index (χ1) is 8.88. The third-order valence-electron chi connectivity index (χ3n) is 2.21. The number of nitriles is 1. The summed E-state index contributed by atoms with van der Waals surface area (Å²) in [5.74, 6) is -2.87. The third-order valence-corrected chi connectivity index (χ3v) is 3.63. The fraction of sp³-hybridized carbons (Fsp3) is 0.333. The molecule has 0 bridgehead atoms. The zero-order valence-corrected chi connectivity index (χ0v) is 11.0. The van der Waals surface area contributed by atoms with Crippen LogP contribution < -0.4 is 0 Å². The van der Waals surface area contributed by atoms with Gasteiger partial charge in [0.15, 0.2) is 9.84 Å². The SMILES string of the molecule is CCOC(=O)CS(=O)(=O)Cc1cc(F)ccc1C#N. The van der Waals surface area contributed by atoms with Gasteiger partial charge >= 0.3 is 5.97 Å². The van der Waals surface area contributed by atoms with E-state index in [4.69, 9.17) is 5.26 Å². The summed E-state index contributed by atoms with van der Waals surface area (Å²) >= 11 is 0. The van der Waals surface area contributed by atoms with Crippen LogP contribution in [0.15, 0.2) is 18.2 Å². The van der Waals surface area contributed by atoms with E-state index in [9.17, 15) is 17.6 Å². The maximum atomic E-state index is 13.0. The second-order valence-electron chi connectivity index (χ2n) is 3.75. The van der Waals surface area contributed by atoms with Crippen molar-refractivity contribution in [2.24, 2.45) is 0 Å². The molecule has 0 aromatic heterocycles. The molecular formula is C12H12FNO4S. The lowest BCUT2D eigenvalue weighted by Crippen LogP contribution is -2.20. The summed E-state index contributed by atoms with van der Waals surface area (Å²) in [5.41, 5.74) is 0.0978. The molecule has 1 aromatic rings. The van der Waals surface area contributed by atoms with Crippen molar-refractivity contribution in [3.8, 4) is 6.07 Å². The molecule has 0 saturated heterocycles. The van der Waals surface area contributed by atoms with Gasteiger partial charge in [0.05, 0.1) is 24.0 Å². The fourth-order valence-corrected chi connectivity index (χ4v) is 2.72. The molecule has 102 valence electrons. The van der Waals surface area contributed by atoms with Crippen LogP contribution in [0.3, 0.4) is 0 Å². The van der Waals surface area contributed by atoms with Gasteiger partial charge in [-0.3, -0.25) is 4.79 Å². The molecule has 0 spiro atoms. The monoisotopic (exact) mass is 285 g/mol. The highest BCUT2D eigenvalue weighted by Crippen LogP contribution is 2.14. The normalized spacial score (nSPS) is 10.8. The molecule has 5 nitrogen and oxygen atoms in total. The van der Waals surface area contributed by atoms with Crippen molar-refractivity contribution in [2.45, 2.75) is 12.7 Å². The molecule has 0 N–H and O–H groups in total. The zero-order valence-electron chi connectivity index (χ0n) is 10.2. The van der Waals surface area contributed by atoms with Crippen LogP contribution in [0.1, 0.15) is 18.1 Å². The number of rotatable bonds is 5. The van der Waals surface area contributed by atoms with Crippen molar-refractivity contribution < 1.29 is 22.3 Å². The first-order valence-electron chi connectivity index (χ1n) is 5.42. The Morgan fingerprint density at radius 2 is 2.16 bits per heavy atom. The number of hydrogen-bond donors (Lipinski definition) is 0. The van der Waals surface area contributed by atoms with Gasteiger partial charge in [0.1, 0.15) is 11.6 Å². The smallest absolute Gasteiger partial charge is 0.321 e. The third kappa shape index (κ3) is 4.67. The van der Waals surface area contributed by atoms with Crippen LogP contribution in [0.2, 0.25) is 0 Å². The van der Waals surface area contributed by atoms with Crippen LogP contribution in [0.4, 0.5) is 4.39 Å². The topological polar surface area (TPSA) is 84.2 Å². The average molecular weight is 285 g/mol. The Morgan fingerprint density at radius 3 is 2.74 bits per heavy atom. The van der Waals surface area contributed by atoms with Crippen LogP contribution in [-0.2, 0) is 25.1 Å². The highest BCUT2D eigenvalue weighted by molar-refractivity contribution is 7.91. The van der Waals surface area contributed by atoms with E-state index in [0.29, 0.717) is 0 Å². The zero-order chi connectivity index (χ0) is 14.5. The van der Waals surface area contributed by atoms with Crippen molar-refractivity contribution in [2.75, 3.05) is 12.4 Å². The molecule has 1 rings (SSSR count). The van der Waals surface area contributed by atoms with E-state index >= 15 is 0 Å². The number of carbonyl (C=O) groups is 1. The van der Waals surface area contributed by atoms with Gasteiger partial charge in [-0.2, -0.15) is 5.26 Å². The number of halogens is 1. The Bertz CT molecular complexity index is 619. The maximum Gasteiger partial charge on any atom is 0.321 e. The van der Waals surface area contributed by atoms with E-state index < -0.39 is 33.1 Å². The molecule has 0 aliphatic rings. The quantitative estimate of drug-likeness (QED) is 0.758. The van der Waals surface area contributed by atoms with Gasteiger partial charge in [-0.15, -0.1) is 0 Å². The molecule has 0 unspecified atom stereocenters. The first-order valence-corrected chi connectivity index (χ1v) is 7.24. The van der Waals surface area contributed by atoms with Gasteiger partial charge in [0.2, 0.25) is 0 Å². The summed E-state index contributed by atoms with van der Waals surface area (Å²) in [6.45, 7) is 1.64. The summed E-state index contributed by atoms with van der Waals surface area (Å²) in [6, 6.07) is 5.02. The van der Waals surface area contributed by atoms with Crippen LogP contribution in [0, 0.1) is 17.1 Å². The summed E-state index contributed by atoms with van der Waals surface area (Å²) in [6.07, 6.45) is 0. The van der Waals surface area contributed by atoms with Crippen LogP contribution >= 0.6 is 0 Å². The largest absolute Gasteiger partial charge is 0.465 e. The lowest BCUT2D eigenvalue weighted by molar-refractivity contribution is -0.139. The Labute approximate surface area is 110 Å². The molecular weight excluding hydrogens is 273 g/mol. The van der Waals surface area contributed by atoms with Crippen molar-refractivity contribution >= 4 is 15.8 Å². The van der Waals surface area contributed by atoms with Crippen LogP contribution in [0.5, 0.6) is 0 Å². The summed E-state index contributed by atoms with van der Waals surface area (Å²) in [4.78, 5) is 11.1. The second kappa shape index (κ2) is 6.29. The second-order valence-corrected chi connectivity index (χ2v) is 5.82. The Kier molecular flexibility index (Phi) is 5.01. The molecule has 19 heavy (non-hydrogen) atoms. The number of benzene rings is 1. The molecule has 0 atom stereocenters. The molecule has 0 saturated carbocycles. The lowest BCUT2D eigenvalue weighted by Gasteiger charge is -2.06. The van der Waals surface area contributed by atoms with Gasteiger partial charge in [-0.05, 0) is 30.7 Å². The predicted octanol–water partition coefficient (Wildman–Crippen LogP) is 1.18. The number of nitrogens with zero attached hydrogens (tertiary/aromatic N) is 1. The minimum atomic E-state index is -3.80. The molecule has 7 heteroatoms. The van der Waals surface area contributed by atoms with Crippen LogP contribution in [0.25, 0.3) is 0 Å². The maximum absolute atomic E-state index is 13.0. The van der Waals surface area contributed by atoms with Crippen molar-refractivity contribution in [1.82, 2.24) is 0 Å². The highest BCUT2D eigenvalue weighted by atomic mass is 32.2. The van der Waals surface area contributed by atoms with Crippen LogP contribution in [-0.4, -0.2) is 26.7 Å². The van der Waals surface area contributed by atoms with Crippen molar-refractivity contribution in [1.29, 1.82) is 5.26 Å². The van der Waals surface area contributed by atoms with E-state index in [1.807, 2.05) is 0 Å². The van der Waals surface area contributed by atoms with E-state index in [2.05, 4.69) is 4.74 Å². The number of carbonyl (C=O) groups excluding carboxylic acids is 1. The first kappa shape index (κ1) is 15.1. The minimum Gasteiger partial charge on any atom is -0.465 e. The summed E-state index contributed by atoms with van der Waals surface area (Å²) < 4.78 is 41.0. The van der Waals surface area contributed by atoms with E-state index in [0.717, 1.165) is 12.1 Å². The molecule has 0 aliphatic carbocycles. The average Bonchev–Trinajstić information content (AvgIpc) is 2.28. The number of sulfone groups is 1. The number of hydrogen-bond acceptors (Lipinski definition) is 5. The van der Waals surface area contributed by atoms with E-state index in [-0.39, 0.29) is 17.7 Å². The van der Waals surface area contributed by atoms with Gasteiger partial charge in [-0.25, -0.2) is 12.8 Å². The highest BCUT2D eigenvalue weighted by Gasteiger charge is 2.20.